The van der Waals surface area contributed by atoms with Gasteiger partial charge in [-0.1, -0.05) is 48.5 Å². The largest absolute Gasteiger partial charge is 0.480 e. The maximum atomic E-state index is 13.0. The Kier molecular flexibility index (Phi) is 6.08. The van der Waals surface area contributed by atoms with Crippen molar-refractivity contribution in [2.45, 2.75) is 25.3 Å². The van der Waals surface area contributed by atoms with Gasteiger partial charge in [-0.25, -0.2) is 0 Å². The molecule has 0 aromatic heterocycles. The first-order valence-corrected chi connectivity index (χ1v) is 9.03. The summed E-state index contributed by atoms with van der Waals surface area (Å²) < 4.78 is 44.3. The zero-order chi connectivity index (χ0) is 21.0. The van der Waals surface area contributed by atoms with Gasteiger partial charge >= 0.3 is 6.18 Å². The fourth-order valence-corrected chi connectivity index (χ4v) is 2.92. The van der Waals surface area contributed by atoms with Crippen LogP contribution in [-0.4, -0.2) is 23.7 Å². The molecule has 0 aliphatic heterocycles. The van der Waals surface area contributed by atoms with Crippen molar-refractivity contribution in [1.82, 2.24) is 5.32 Å². The molecule has 0 spiro atoms. The van der Waals surface area contributed by atoms with Gasteiger partial charge in [0.05, 0.1) is 11.7 Å². The van der Waals surface area contributed by atoms with Gasteiger partial charge in [0, 0.05) is 6.54 Å². The summed E-state index contributed by atoms with van der Waals surface area (Å²) in [6.45, 7) is 1.26. The third kappa shape index (κ3) is 5.06. The number of halogens is 3. The van der Waals surface area contributed by atoms with Gasteiger partial charge < -0.3 is 15.2 Å². The molecule has 0 saturated heterocycles. The second-order valence-corrected chi connectivity index (χ2v) is 6.62. The van der Waals surface area contributed by atoms with Crippen LogP contribution >= 0.6 is 0 Å². The number of carbonyl (C=O) groups is 1. The van der Waals surface area contributed by atoms with Crippen molar-refractivity contribution in [2.75, 3.05) is 6.54 Å². The summed E-state index contributed by atoms with van der Waals surface area (Å²) in [7, 11) is 0. The number of amides is 1. The Morgan fingerprint density at radius 3 is 2.41 bits per heavy atom. The third-order valence-electron chi connectivity index (χ3n) is 4.49. The number of ether oxygens (including phenoxy) is 1. The van der Waals surface area contributed by atoms with Gasteiger partial charge in [0.1, 0.15) is 5.75 Å². The van der Waals surface area contributed by atoms with Crippen LogP contribution in [-0.2, 0) is 11.0 Å². The van der Waals surface area contributed by atoms with Gasteiger partial charge in [-0.2, -0.15) is 13.2 Å². The molecule has 29 heavy (non-hydrogen) atoms. The maximum absolute atomic E-state index is 13.0. The number of para-hydroxylation sites is 1. The molecule has 0 fully saturated rings. The predicted molar refractivity (Wildman–Crippen MR) is 103 cm³/mol. The molecule has 0 radical (unpaired) electrons. The molecule has 0 bridgehead atoms. The highest BCUT2D eigenvalue weighted by Gasteiger charge is 2.34. The van der Waals surface area contributed by atoms with Crippen molar-refractivity contribution < 1.29 is 27.8 Å². The van der Waals surface area contributed by atoms with Crippen LogP contribution in [0.5, 0.6) is 5.75 Å². The van der Waals surface area contributed by atoms with E-state index in [1.54, 1.807) is 6.07 Å². The van der Waals surface area contributed by atoms with Crippen LogP contribution in [0.3, 0.4) is 0 Å². The van der Waals surface area contributed by atoms with Gasteiger partial charge in [-0.05, 0) is 41.5 Å². The van der Waals surface area contributed by atoms with Crippen molar-refractivity contribution in [2.24, 2.45) is 0 Å². The number of aliphatic hydroxyl groups excluding tert-OH is 1. The molecule has 3 aromatic carbocycles. The molecule has 0 saturated carbocycles. The zero-order valence-corrected chi connectivity index (χ0v) is 15.6. The number of aliphatic hydroxyl groups is 1. The number of hydrogen-bond donors (Lipinski definition) is 2. The Morgan fingerprint density at radius 2 is 1.69 bits per heavy atom. The quantitative estimate of drug-likeness (QED) is 0.638. The molecule has 1 amide bonds. The normalized spacial score (nSPS) is 13.7. The molecule has 3 rings (SSSR count). The lowest BCUT2D eigenvalue weighted by Crippen LogP contribution is -2.38. The van der Waals surface area contributed by atoms with Crippen molar-refractivity contribution in [1.29, 1.82) is 0 Å². The topological polar surface area (TPSA) is 58.6 Å². The van der Waals surface area contributed by atoms with Gasteiger partial charge in [0.25, 0.3) is 5.91 Å². The minimum absolute atomic E-state index is 0.0915. The summed E-state index contributed by atoms with van der Waals surface area (Å²) in [5.74, 6) is -1.04. The molecular formula is C22H20F3NO3. The molecule has 2 N–H and O–H groups in total. The first-order valence-electron chi connectivity index (χ1n) is 9.03. The predicted octanol–water partition coefficient (Wildman–Crippen LogP) is 4.48. The Labute approximate surface area is 165 Å². The fourth-order valence-electron chi connectivity index (χ4n) is 2.92. The Bertz CT molecular complexity index is 1000. The van der Waals surface area contributed by atoms with Crippen LogP contribution in [0.2, 0.25) is 0 Å². The molecule has 0 heterocycles. The average Bonchev–Trinajstić information content (AvgIpc) is 2.70. The minimum Gasteiger partial charge on any atom is -0.480 e. The summed E-state index contributed by atoms with van der Waals surface area (Å²) in [5, 5.41) is 14.8. The number of carbonyl (C=O) groups excluding carboxylic acids is 1. The molecule has 3 aromatic rings. The van der Waals surface area contributed by atoms with E-state index >= 15 is 0 Å². The molecule has 152 valence electrons. The van der Waals surface area contributed by atoms with E-state index in [9.17, 15) is 23.1 Å². The molecule has 7 heteroatoms. The van der Waals surface area contributed by atoms with Gasteiger partial charge in [-0.3, -0.25) is 4.79 Å². The van der Waals surface area contributed by atoms with Crippen LogP contribution in [0, 0.1) is 0 Å². The number of rotatable bonds is 6. The fraction of sp³-hybridized carbons (Fsp3) is 0.227. The van der Waals surface area contributed by atoms with Crippen molar-refractivity contribution in [3.8, 4) is 5.75 Å². The van der Waals surface area contributed by atoms with Crippen LogP contribution in [0.25, 0.3) is 10.8 Å². The van der Waals surface area contributed by atoms with Crippen LogP contribution in [0.1, 0.15) is 24.2 Å². The van der Waals surface area contributed by atoms with Crippen molar-refractivity contribution >= 4 is 16.7 Å². The van der Waals surface area contributed by atoms with Crippen LogP contribution < -0.4 is 10.1 Å². The SMILES string of the molecule is CC(Oc1ccccc1C(F)(F)F)C(=O)NCC(O)c1ccc2ccccc2c1. The molecule has 0 aliphatic carbocycles. The van der Waals surface area contributed by atoms with Crippen LogP contribution in [0.4, 0.5) is 13.2 Å². The van der Waals surface area contributed by atoms with Crippen LogP contribution in [0.15, 0.2) is 66.7 Å². The highest BCUT2D eigenvalue weighted by atomic mass is 19.4. The van der Waals surface area contributed by atoms with Gasteiger partial charge in [0.15, 0.2) is 6.10 Å². The Hall–Kier alpha value is -3.06. The van der Waals surface area contributed by atoms with Crippen molar-refractivity contribution in [3.05, 3.63) is 77.9 Å². The molecule has 0 aliphatic rings. The first kappa shape index (κ1) is 20.7. The van der Waals surface area contributed by atoms with E-state index in [0.29, 0.717) is 5.56 Å². The third-order valence-corrected chi connectivity index (χ3v) is 4.49. The minimum atomic E-state index is -4.58. The molecule has 4 nitrogen and oxygen atoms in total. The van der Waals surface area contributed by atoms with E-state index in [1.165, 1.54) is 19.1 Å². The highest BCUT2D eigenvalue weighted by molar-refractivity contribution is 5.83. The summed E-state index contributed by atoms with van der Waals surface area (Å²) in [6.07, 6.45) is -6.71. The monoisotopic (exact) mass is 403 g/mol. The Balaban J connectivity index is 1.61. The van der Waals surface area contributed by atoms with E-state index in [2.05, 4.69) is 5.32 Å². The number of fused-ring (bicyclic) bond motifs is 1. The summed E-state index contributed by atoms with van der Waals surface area (Å²) in [4.78, 5) is 12.2. The lowest BCUT2D eigenvalue weighted by molar-refractivity contribution is -0.140. The number of hydrogen-bond acceptors (Lipinski definition) is 3. The number of nitrogens with one attached hydrogen (secondary N) is 1. The van der Waals surface area contributed by atoms with Gasteiger partial charge in [-0.15, -0.1) is 0 Å². The van der Waals surface area contributed by atoms with E-state index < -0.39 is 35.6 Å². The van der Waals surface area contributed by atoms with Crippen molar-refractivity contribution in [3.63, 3.8) is 0 Å². The smallest absolute Gasteiger partial charge is 0.419 e. The number of alkyl halides is 3. The zero-order valence-electron chi connectivity index (χ0n) is 15.6. The first-order chi connectivity index (χ1) is 13.8. The van der Waals surface area contributed by atoms with E-state index in [4.69, 9.17) is 4.74 Å². The van der Waals surface area contributed by atoms with E-state index in [0.717, 1.165) is 22.9 Å². The van der Waals surface area contributed by atoms with E-state index in [1.807, 2.05) is 36.4 Å². The molecule has 2 unspecified atom stereocenters. The highest BCUT2D eigenvalue weighted by Crippen LogP contribution is 2.36. The lowest BCUT2D eigenvalue weighted by atomic mass is 10.0. The second kappa shape index (κ2) is 8.53. The Morgan fingerprint density at radius 1 is 1.03 bits per heavy atom. The standard InChI is InChI=1S/C22H20F3NO3/c1-14(29-20-9-5-4-8-18(20)22(23,24)25)21(28)26-13-19(27)17-11-10-15-6-2-3-7-16(15)12-17/h2-12,14,19,27H,13H2,1H3,(H,26,28). The van der Waals surface area contributed by atoms with E-state index in [-0.39, 0.29) is 6.54 Å². The molecular weight excluding hydrogens is 383 g/mol. The summed E-state index contributed by atoms with van der Waals surface area (Å²) >= 11 is 0. The lowest BCUT2D eigenvalue weighted by Gasteiger charge is -2.19. The summed E-state index contributed by atoms with van der Waals surface area (Å²) in [5.41, 5.74) is -0.323. The molecule has 2 atom stereocenters. The summed E-state index contributed by atoms with van der Waals surface area (Å²) in [6, 6.07) is 17.8. The number of benzene rings is 3. The van der Waals surface area contributed by atoms with Gasteiger partial charge in [0.2, 0.25) is 0 Å². The average molecular weight is 403 g/mol. The maximum Gasteiger partial charge on any atom is 0.419 e. The second-order valence-electron chi connectivity index (χ2n) is 6.62.